The normalized spacial score (nSPS) is 14.6. The first kappa shape index (κ1) is 15.3. The summed E-state index contributed by atoms with van der Waals surface area (Å²) in [4.78, 5) is 17.7. The molecule has 1 saturated heterocycles. The number of para-hydroxylation sites is 1. The second-order valence-corrected chi connectivity index (χ2v) is 6.14. The summed E-state index contributed by atoms with van der Waals surface area (Å²) in [6, 6.07) is 10.3. The minimum Gasteiger partial charge on any atom is -0.366 e. The van der Waals surface area contributed by atoms with Crippen molar-refractivity contribution >= 4 is 22.4 Å². The molecule has 1 fully saturated rings. The van der Waals surface area contributed by atoms with Crippen LogP contribution in [0.2, 0.25) is 0 Å². The number of fused-ring (bicyclic) bond motifs is 1. The van der Waals surface area contributed by atoms with Crippen LogP contribution in [0.3, 0.4) is 0 Å². The first-order chi connectivity index (χ1) is 12.3. The topological polar surface area (TPSA) is 68.9 Å². The fourth-order valence-corrected chi connectivity index (χ4v) is 3.31. The maximum absolute atomic E-state index is 9.52. The molecule has 0 spiro atoms. The molecule has 0 radical (unpaired) electrons. The predicted molar refractivity (Wildman–Crippen MR) is 97.7 cm³/mol. The van der Waals surface area contributed by atoms with Gasteiger partial charge in [0.05, 0.1) is 28.7 Å². The highest BCUT2D eigenvalue weighted by atomic mass is 15.3. The quantitative estimate of drug-likeness (QED) is 0.719. The number of aryl methyl sites for hydroxylation is 1. The highest BCUT2D eigenvalue weighted by Gasteiger charge is 2.22. The molecule has 2 aromatic heterocycles. The summed E-state index contributed by atoms with van der Waals surface area (Å²) >= 11 is 0. The number of nitriles is 1. The number of piperazine rings is 1. The molecular formula is C19H18N6. The van der Waals surface area contributed by atoms with Crippen LogP contribution in [-0.4, -0.2) is 41.1 Å². The molecule has 1 aromatic carbocycles. The molecule has 3 heterocycles. The van der Waals surface area contributed by atoms with Crippen molar-refractivity contribution in [3.05, 3.63) is 54.1 Å². The molecular weight excluding hydrogens is 312 g/mol. The lowest BCUT2D eigenvalue weighted by Gasteiger charge is -2.37. The minimum absolute atomic E-state index is 0.627. The van der Waals surface area contributed by atoms with Crippen molar-refractivity contribution in [3.8, 4) is 6.07 Å². The highest BCUT2D eigenvalue weighted by Crippen LogP contribution is 2.30. The van der Waals surface area contributed by atoms with Gasteiger partial charge >= 0.3 is 0 Å². The fraction of sp³-hybridized carbons (Fsp3) is 0.263. The van der Waals surface area contributed by atoms with Gasteiger partial charge in [0, 0.05) is 44.0 Å². The SMILES string of the molecule is Cc1cncc(N2CCN(c3c(C#N)cnc4ccccc34)CC2)n1. The van der Waals surface area contributed by atoms with Gasteiger partial charge in [-0.15, -0.1) is 0 Å². The molecule has 0 amide bonds. The van der Waals surface area contributed by atoms with Crippen LogP contribution < -0.4 is 9.80 Å². The Kier molecular flexibility index (Phi) is 3.90. The Morgan fingerprint density at radius 3 is 2.52 bits per heavy atom. The molecule has 124 valence electrons. The zero-order valence-electron chi connectivity index (χ0n) is 14.1. The Morgan fingerprint density at radius 1 is 1.00 bits per heavy atom. The smallest absolute Gasteiger partial charge is 0.147 e. The molecule has 25 heavy (non-hydrogen) atoms. The zero-order chi connectivity index (χ0) is 17.2. The van der Waals surface area contributed by atoms with E-state index in [0.29, 0.717) is 5.56 Å². The predicted octanol–water partition coefficient (Wildman–Crippen LogP) is 2.53. The molecule has 6 heteroatoms. The number of anilines is 2. The summed E-state index contributed by atoms with van der Waals surface area (Å²) in [5.41, 5.74) is 3.46. The van der Waals surface area contributed by atoms with Crippen LogP contribution in [0.4, 0.5) is 11.5 Å². The van der Waals surface area contributed by atoms with E-state index in [2.05, 4.69) is 30.8 Å². The largest absolute Gasteiger partial charge is 0.366 e. The Bertz CT molecular complexity index is 954. The molecule has 6 nitrogen and oxygen atoms in total. The molecule has 0 bridgehead atoms. The van der Waals surface area contributed by atoms with E-state index in [1.807, 2.05) is 37.4 Å². The van der Waals surface area contributed by atoms with Crippen molar-refractivity contribution in [1.29, 1.82) is 5.26 Å². The number of hydrogen-bond acceptors (Lipinski definition) is 6. The molecule has 3 aromatic rings. The first-order valence-corrected chi connectivity index (χ1v) is 8.32. The van der Waals surface area contributed by atoms with Crippen LogP contribution in [-0.2, 0) is 0 Å². The summed E-state index contributed by atoms with van der Waals surface area (Å²) in [7, 11) is 0. The Morgan fingerprint density at radius 2 is 1.76 bits per heavy atom. The summed E-state index contributed by atoms with van der Waals surface area (Å²) in [6.07, 6.45) is 5.25. The van der Waals surface area contributed by atoms with Gasteiger partial charge in [0.15, 0.2) is 0 Å². The first-order valence-electron chi connectivity index (χ1n) is 8.32. The van der Waals surface area contributed by atoms with E-state index in [0.717, 1.165) is 54.3 Å². The van der Waals surface area contributed by atoms with Crippen molar-refractivity contribution in [2.24, 2.45) is 0 Å². The monoisotopic (exact) mass is 330 g/mol. The number of pyridine rings is 1. The van der Waals surface area contributed by atoms with Gasteiger partial charge in [-0.2, -0.15) is 5.26 Å². The summed E-state index contributed by atoms with van der Waals surface area (Å²) in [5.74, 6) is 0.916. The standard InChI is InChI=1S/C19H18N6/c1-14-11-21-13-18(23-14)24-6-8-25(9-7-24)19-15(10-20)12-22-17-5-3-2-4-16(17)19/h2-5,11-13H,6-9H2,1H3. The van der Waals surface area contributed by atoms with Gasteiger partial charge < -0.3 is 9.80 Å². The van der Waals surface area contributed by atoms with Gasteiger partial charge in [-0.3, -0.25) is 9.97 Å². The summed E-state index contributed by atoms with van der Waals surface area (Å²) < 4.78 is 0. The molecule has 0 saturated carbocycles. The van der Waals surface area contributed by atoms with Crippen molar-refractivity contribution in [1.82, 2.24) is 15.0 Å². The third-order valence-corrected chi connectivity index (χ3v) is 4.53. The lowest BCUT2D eigenvalue weighted by atomic mass is 10.1. The summed E-state index contributed by atoms with van der Waals surface area (Å²) in [6.45, 7) is 5.31. The number of rotatable bonds is 2. The minimum atomic E-state index is 0.627. The van der Waals surface area contributed by atoms with Gasteiger partial charge in [-0.05, 0) is 13.0 Å². The molecule has 0 aliphatic carbocycles. The van der Waals surface area contributed by atoms with E-state index in [1.165, 1.54) is 0 Å². The van der Waals surface area contributed by atoms with Crippen LogP contribution in [0.25, 0.3) is 10.9 Å². The van der Waals surface area contributed by atoms with Crippen LogP contribution in [0.1, 0.15) is 11.3 Å². The lowest BCUT2D eigenvalue weighted by molar-refractivity contribution is 0.646. The fourth-order valence-electron chi connectivity index (χ4n) is 3.31. The van der Waals surface area contributed by atoms with Gasteiger partial charge in [0.25, 0.3) is 0 Å². The van der Waals surface area contributed by atoms with Crippen LogP contribution >= 0.6 is 0 Å². The van der Waals surface area contributed by atoms with Crippen molar-refractivity contribution in [3.63, 3.8) is 0 Å². The van der Waals surface area contributed by atoms with Crippen molar-refractivity contribution in [2.45, 2.75) is 6.92 Å². The lowest BCUT2D eigenvalue weighted by Crippen LogP contribution is -2.47. The second-order valence-electron chi connectivity index (χ2n) is 6.14. The van der Waals surface area contributed by atoms with Crippen LogP contribution in [0.5, 0.6) is 0 Å². The van der Waals surface area contributed by atoms with Crippen molar-refractivity contribution < 1.29 is 0 Å². The maximum Gasteiger partial charge on any atom is 0.147 e. The molecule has 1 aliphatic rings. The molecule has 0 unspecified atom stereocenters. The second kappa shape index (κ2) is 6.36. The van der Waals surface area contributed by atoms with E-state index >= 15 is 0 Å². The van der Waals surface area contributed by atoms with Crippen LogP contribution in [0, 0.1) is 18.3 Å². The number of hydrogen-bond donors (Lipinski definition) is 0. The zero-order valence-corrected chi connectivity index (χ0v) is 14.1. The number of nitrogens with zero attached hydrogens (tertiary/aromatic N) is 6. The average molecular weight is 330 g/mol. The molecule has 4 rings (SSSR count). The van der Waals surface area contributed by atoms with E-state index in [9.17, 15) is 5.26 Å². The highest BCUT2D eigenvalue weighted by molar-refractivity contribution is 5.94. The van der Waals surface area contributed by atoms with E-state index < -0.39 is 0 Å². The third kappa shape index (κ3) is 2.85. The van der Waals surface area contributed by atoms with Crippen LogP contribution in [0.15, 0.2) is 42.9 Å². The number of aromatic nitrogens is 3. The Hall–Kier alpha value is -3.20. The van der Waals surface area contributed by atoms with Crippen molar-refractivity contribution in [2.75, 3.05) is 36.0 Å². The van der Waals surface area contributed by atoms with E-state index in [1.54, 1.807) is 12.4 Å². The van der Waals surface area contributed by atoms with E-state index in [4.69, 9.17) is 0 Å². The average Bonchev–Trinajstić information content (AvgIpc) is 2.67. The van der Waals surface area contributed by atoms with Gasteiger partial charge in [-0.1, -0.05) is 18.2 Å². The van der Waals surface area contributed by atoms with Gasteiger partial charge in [0.1, 0.15) is 11.9 Å². The molecule has 0 atom stereocenters. The van der Waals surface area contributed by atoms with E-state index in [-0.39, 0.29) is 0 Å². The molecule has 0 N–H and O–H groups in total. The maximum atomic E-state index is 9.52. The summed E-state index contributed by atoms with van der Waals surface area (Å²) in [5, 5.41) is 10.6. The Labute approximate surface area is 146 Å². The number of benzene rings is 1. The third-order valence-electron chi connectivity index (χ3n) is 4.53. The Balaban J connectivity index is 1.63. The van der Waals surface area contributed by atoms with Gasteiger partial charge in [0.2, 0.25) is 0 Å². The molecule has 1 aliphatic heterocycles. The van der Waals surface area contributed by atoms with Gasteiger partial charge in [-0.25, -0.2) is 4.98 Å².